The van der Waals surface area contributed by atoms with E-state index in [4.69, 9.17) is 11.6 Å². The molecule has 1 atom stereocenters. The normalized spacial score (nSPS) is 22.4. The maximum absolute atomic E-state index is 12.0. The Morgan fingerprint density at radius 1 is 1.21 bits per heavy atom. The molecular formula is C18H21ClN2O3. The molecule has 1 unspecified atom stereocenters. The van der Waals surface area contributed by atoms with E-state index in [-0.39, 0.29) is 17.7 Å². The number of aldehydes is 1. The average molecular weight is 349 g/mol. The quantitative estimate of drug-likeness (QED) is 0.671. The lowest BCUT2D eigenvalue weighted by Crippen LogP contribution is -2.39. The minimum atomic E-state index is -0.359. The molecule has 2 aliphatic heterocycles. The summed E-state index contributed by atoms with van der Waals surface area (Å²) in [7, 11) is 0. The zero-order valence-corrected chi connectivity index (χ0v) is 14.2. The molecule has 2 amide bonds. The van der Waals surface area contributed by atoms with Crippen LogP contribution in [0.15, 0.2) is 18.2 Å². The van der Waals surface area contributed by atoms with Crippen LogP contribution in [0.2, 0.25) is 5.02 Å². The Balaban J connectivity index is 1.70. The Labute approximate surface area is 146 Å². The molecule has 5 nitrogen and oxygen atoms in total. The monoisotopic (exact) mass is 348 g/mol. The maximum atomic E-state index is 12.0. The minimum Gasteiger partial charge on any atom is -0.371 e. The lowest BCUT2D eigenvalue weighted by Gasteiger charge is -2.33. The first-order chi connectivity index (χ1) is 11.6. The van der Waals surface area contributed by atoms with Gasteiger partial charge in [-0.05, 0) is 42.9 Å². The Morgan fingerprint density at radius 2 is 1.96 bits per heavy atom. The van der Waals surface area contributed by atoms with Gasteiger partial charge in [0.2, 0.25) is 11.8 Å². The molecule has 1 N–H and O–H groups in total. The number of amides is 2. The van der Waals surface area contributed by atoms with Crippen molar-refractivity contribution in [2.75, 3.05) is 18.0 Å². The van der Waals surface area contributed by atoms with E-state index < -0.39 is 0 Å². The summed E-state index contributed by atoms with van der Waals surface area (Å²) < 4.78 is 0. The molecule has 0 aliphatic carbocycles. The molecule has 0 aromatic heterocycles. The summed E-state index contributed by atoms with van der Waals surface area (Å²) in [6.45, 7) is 1.82. The molecule has 0 saturated carbocycles. The van der Waals surface area contributed by atoms with Crippen LogP contribution in [-0.2, 0) is 14.4 Å². The van der Waals surface area contributed by atoms with Gasteiger partial charge in [-0.2, -0.15) is 0 Å². The number of carbonyl (C=O) groups excluding carboxylic acids is 3. The first kappa shape index (κ1) is 17.0. The molecule has 0 radical (unpaired) electrons. The van der Waals surface area contributed by atoms with Gasteiger partial charge < -0.3 is 9.69 Å². The summed E-state index contributed by atoms with van der Waals surface area (Å²) >= 11 is 6.42. The molecule has 1 aromatic rings. The van der Waals surface area contributed by atoms with Crippen LogP contribution >= 0.6 is 11.6 Å². The number of hydrogen-bond acceptors (Lipinski definition) is 4. The lowest BCUT2D eigenvalue weighted by molar-refractivity contribution is -0.134. The molecule has 3 rings (SSSR count). The molecule has 24 heavy (non-hydrogen) atoms. The number of piperidine rings is 2. The van der Waals surface area contributed by atoms with Gasteiger partial charge in [-0.3, -0.25) is 14.9 Å². The average Bonchev–Trinajstić information content (AvgIpc) is 2.56. The highest BCUT2D eigenvalue weighted by Gasteiger charge is 2.29. The van der Waals surface area contributed by atoms with Gasteiger partial charge in [-0.25, -0.2) is 0 Å². The second-order valence-corrected chi connectivity index (χ2v) is 6.95. The van der Waals surface area contributed by atoms with Crippen molar-refractivity contribution < 1.29 is 14.4 Å². The summed E-state index contributed by atoms with van der Waals surface area (Å²) in [5, 5.41) is 2.94. The second kappa shape index (κ2) is 7.34. The van der Waals surface area contributed by atoms with Crippen LogP contribution in [0.1, 0.15) is 43.6 Å². The highest BCUT2D eigenvalue weighted by molar-refractivity contribution is 6.32. The standard InChI is InChI=1S/C18H21ClN2O3/c19-16-11-13(21-8-5-12(6-9-21)7-10-22)1-2-14(16)15-3-4-17(23)20-18(15)24/h1-2,10-12,15H,3-9H2,(H,20,23,24). The summed E-state index contributed by atoms with van der Waals surface area (Å²) in [6.07, 6.45) is 4.51. The van der Waals surface area contributed by atoms with Gasteiger partial charge in [0.15, 0.2) is 0 Å². The lowest BCUT2D eigenvalue weighted by atomic mass is 9.90. The van der Waals surface area contributed by atoms with Crippen LogP contribution in [0, 0.1) is 5.92 Å². The molecule has 6 heteroatoms. The number of imide groups is 1. The van der Waals surface area contributed by atoms with E-state index >= 15 is 0 Å². The molecule has 2 aliphatic rings. The number of rotatable bonds is 4. The third-order valence-corrected chi connectivity index (χ3v) is 5.34. The molecule has 1 aromatic carbocycles. The number of nitrogens with one attached hydrogen (secondary N) is 1. The van der Waals surface area contributed by atoms with Crippen molar-refractivity contribution in [3.63, 3.8) is 0 Å². The summed E-state index contributed by atoms with van der Waals surface area (Å²) in [5.41, 5.74) is 1.82. The Morgan fingerprint density at radius 3 is 2.58 bits per heavy atom. The fourth-order valence-electron chi connectivity index (χ4n) is 3.55. The van der Waals surface area contributed by atoms with Crippen LogP contribution in [0.25, 0.3) is 0 Å². The van der Waals surface area contributed by atoms with E-state index in [0.717, 1.165) is 43.5 Å². The van der Waals surface area contributed by atoms with E-state index in [1.54, 1.807) is 0 Å². The van der Waals surface area contributed by atoms with Crippen molar-refractivity contribution in [3.8, 4) is 0 Å². The van der Waals surface area contributed by atoms with Crippen LogP contribution in [-0.4, -0.2) is 31.2 Å². The fraction of sp³-hybridized carbons (Fsp3) is 0.500. The van der Waals surface area contributed by atoms with Crippen LogP contribution in [0.4, 0.5) is 5.69 Å². The summed E-state index contributed by atoms with van der Waals surface area (Å²) in [6, 6.07) is 5.79. The SMILES string of the molecule is O=CCC1CCN(c2ccc(C3CCC(=O)NC3=O)c(Cl)c2)CC1. The van der Waals surface area contributed by atoms with Crippen molar-refractivity contribution in [2.45, 2.75) is 38.0 Å². The number of nitrogens with zero attached hydrogens (tertiary/aromatic N) is 1. The van der Waals surface area contributed by atoms with Crippen LogP contribution in [0.5, 0.6) is 0 Å². The summed E-state index contributed by atoms with van der Waals surface area (Å²) in [5.74, 6) is -0.364. The van der Waals surface area contributed by atoms with Gasteiger partial charge in [-0.1, -0.05) is 17.7 Å². The topological polar surface area (TPSA) is 66.5 Å². The van der Waals surface area contributed by atoms with Crippen molar-refractivity contribution in [1.29, 1.82) is 0 Å². The Bertz CT molecular complexity index is 654. The van der Waals surface area contributed by atoms with E-state index in [9.17, 15) is 14.4 Å². The van der Waals surface area contributed by atoms with Gasteiger partial charge in [0.1, 0.15) is 6.29 Å². The number of benzene rings is 1. The smallest absolute Gasteiger partial charge is 0.234 e. The third kappa shape index (κ3) is 3.61. The van der Waals surface area contributed by atoms with Crippen LogP contribution < -0.4 is 10.2 Å². The largest absolute Gasteiger partial charge is 0.371 e. The van der Waals surface area contributed by atoms with Gasteiger partial charge in [0, 0.05) is 36.6 Å². The first-order valence-corrected chi connectivity index (χ1v) is 8.78. The molecule has 0 spiro atoms. The van der Waals surface area contributed by atoms with Crippen LogP contribution in [0.3, 0.4) is 0 Å². The van der Waals surface area contributed by atoms with E-state index in [0.29, 0.717) is 30.2 Å². The predicted molar refractivity (Wildman–Crippen MR) is 92.2 cm³/mol. The van der Waals surface area contributed by atoms with Gasteiger partial charge in [0.05, 0.1) is 5.92 Å². The van der Waals surface area contributed by atoms with E-state index in [2.05, 4.69) is 10.2 Å². The molecule has 2 saturated heterocycles. The molecule has 2 heterocycles. The highest BCUT2D eigenvalue weighted by Crippen LogP contribution is 2.34. The van der Waals surface area contributed by atoms with Gasteiger partial charge >= 0.3 is 0 Å². The zero-order chi connectivity index (χ0) is 17.1. The zero-order valence-electron chi connectivity index (χ0n) is 13.5. The minimum absolute atomic E-state index is 0.220. The van der Waals surface area contributed by atoms with E-state index in [1.807, 2.05) is 18.2 Å². The Hall–Kier alpha value is -1.88. The van der Waals surface area contributed by atoms with Crippen molar-refractivity contribution in [3.05, 3.63) is 28.8 Å². The number of hydrogen-bond donors (Lipinski definition) is 1. The van der Waals surface area contributed by atoms with Gasteiger partial charge in [-0.15, -0.1) is 0 Å². The van der Waals surface area contributed by atoms with E-state index in [1.165, 1.54) is 0 Å². The first-order valence-electron chi connectivity index (χ1n) is 8.40. The highest BCUT2D eigenvalue weighted by atomic mass is 35.5. The Kier molecular flexibility index (Phi) is 5.19. The third-order valence-electron chi connectivity index (χ3n) is 5.01. The number of anilines is 1. The summed E-state index contributed by atoms with van der Waals surface area (Å²) in [4.78, 5) is 36.2. The van der Waals surface area contributed by atoms with Crippen molar-refractivity contribution in [2.24, 2.45) is 5.92 Å². The second-order valence-electron chi connectivity index (χ2n) is 6.54. The van der Waals surface area contributed by atoms with Crippen molar-refractivity contribution >= 4 is 35.4 Å². The molecular weight excluding hydrogens is 328 g/mol. The van der Waals surface area contributed by atoms with Crippen molar-refractivity contribution in [1.82, 2.24) is 5.32 Å². The predicted octanol–water partition coefficient (Wildman–Crippen LogP) is 2.67. The molecule has 2 fully saturated rings. The molecule has 0 bridgehead atoms. The van der Waals surface area contributed by atoms with Gasteiger partial charge in [0.25, 0.3) is 0 Å². The maximum Gasteiger partial charge on any atom is 0.234 e. The number of halogens is 1. The number of carbonyl (C=O) groups is 3. The molecule has 128 valence electrons. The fourth-order valence-corrected chi connectivity index (χ4v) is 3.86.